The highest BCUT2D eigenvalue weighted by molar-refractivity contribution is 5.81. The Morgan fingerprint density at radius 3 is 2.65 bits per heavy atom. The number of nitrogens with zero attached hydrogens (tertiary/aromatic N) is 3. The maximum Gasteiger partial charge on any atom is 0.223 e. The molecule has 1 amide bonds. The van der Waals surface area contributed by atoms with Crippen molar-refractivity contribution in [1.82, 2.24) is 14.5 Å². The molecule has 5 nitrogen and oxygen atoms in total. The van der Waals surface area contributed by atoms with Gasteiger partial charge in [-0.3, -0.25) is 4.79 Å². The molecule has 0 N–H and O–H groups in total. The number of hydrogen-bond acceptors (Lipinski definition) is 3. The molecule has 1 atom stereocenters. The molecule has 2 heterocycles. The summed E-state index contributed by atoms with van der Waals surface area (Å²) < 4.78 is 21.6. The van der Waals surface area contributed by atoms with E-state index in [9.17, 15) is 9.18 Å². The molecule has 0 radical (unpaired) electrons. The van der Waals surface area contributed by atoms with Crippen LogP contribution in [0.3, 0.4) is 0 Å². The van der Waals surface area contributed by atoms with Gasteiger partial charge in [0, 0.05) is 25.4 Å². The van der Waals surface area contributed by atoms with Gasteiger partial charge in [-0.1, -0.05) is 36.4 Å². The number of carbonyl (C=O) groups excluding carboxylic acids is 1. The van der Waals surface area contributed by atoms with Gasteiger partial charge in [-0.05, 0) is 60.9 Å². The van der Waals surface area contributed by atoms with Gasteiger partial charge in [0.2, 0.25) is 5.91 Å². The molecular weight excluding hydrogens is 429 g/mol. The Kier molecular flexibility index (Phi) is 6.05. The predicted octanol–water partition coefficient (Wildman–Crippen LogP) is 5.39. The van der Waals surface area contributed by atoms with Crippen LogP contribution in [0.1, 0.15) is 34.9 Å². The average Bonchev–Trinajstić information content (AvgIpc) is 3.38. The minimum atomic E-state index is -0.272. The molecule has 1 aliphatic rings. The van der Waals surface area contributed by atoms with Crippen molar-refractivity contribution in [1.29, 1.82) is 0 Å². The van der Waals surface area contributed by atoms with Gasteiger partial charge in [-0.25, -0.2) is 9.37 Å². The topological polar surface area (TPSA) is 47.4 Å². The highest BCUT2D eigenvalue weighted by Crippen LogP contribution is 2.31. The first kappa shape index (κ1) is 22.1. The summed E-state index contributed by atoms with van der Waals surface area (Å²) in [6.45, 7) is 6.38. The molecule has 0 unspecified atom stereocenters. The summed E-state index contributed by atoms with van der Waals surface area (Å²) in [5.74, 6) is 1.64. The maximum atomic E-state index is 13.3. The molecule has 34 heavy (non-hydrogen) atoms. The van der Waals surface area contributed by atoms with Crippen LogP contribution in [0.15, 0.2) is 66.7 Å². The fourth-order valence-electron chi connectivity index (χ4n) is 4.68. The predicted molar refractivity (Wildman–Crippen MR) is 130 cm³/mol. The lowest BCUT2D eigenvalue weighted by atomic mass is 10.1. The molecule has 0 spiro atoms. The quantitative estimate of drug-likeness (QED) is 0.374. The van der Waals surface area contributed by atoms with E-state index in [0.29, 0.717) is 32.7 Å². The van der Waals surface area contributed by atoms with Crippen LogP contribution < -0.4 is 4.74 Å². The zero-order valence-electron chi connectivity index (χ0n) is 19.5. The summed E-state index contributed by atoms with van der Waals surface area (Å²) in [6.07, 6.45) is 0.419. The lowest BCUT2D eigenvalue weighted by Crippen LogP contribution is -2.24. The number of amides is 1. The number of halogens is 1. The van der Waals surface area contributed by atoms with Gasteiger partial charge < -0.3 is 14.2 Å². The van der Waals surface area contributed by atoms with Gasteiger partial charge >= 0.3 is 0 Å². The van der Waals surface area contributed by atoms with Crippen molar-refractivity contribution in [2.45, 2.75) is 39.3 Å². The van der Waals surface area contributed by atoms with E-state index >= 15 is 0 Å². The van der Waals surface area contributed by atoms with Gasteiger partial charge in [0.25, 0.3) is 0 Å². The summed E-state index contributed by atoms with van der Waals surface area (Å²) >= 11 is 0. The van der Waals surface area contributed by atoms with Crippen molar-refractivity contribution >= 4 is 16.9 Å². The Balaban J connectivity index is 1.36. The van der Waals surface area contributed by atoms with E-state index in [0.717, 1.165) is 33.7 Å². The van der Waals surface area contributed by atoms with Crippen LogP contribution in [0.4, 0.5) is 4.39 Å². The van der Waals surface area contributed by atoms with Crippen molar-refractivity contribution in [2.24, 2.45) is 0 Å². The normalized spacial score (nSPS) is 15.9. The van der Waals surface area contributed by atoms with Crippen molar-refractivity contribution in [3.05, 3.63) is 95.1 Å². The number of aryl methyl sites for hydroxylation is 1. The SMILES string of the molecule is Cc1cccc(OCCn2c([C@@H]3CC(=O)N(Cc4ccc(F)cc4)C3)nc3ccccc32)c1C. The number of carbonyl (C=O) groups is 1. The second kappa shape index (κ2) is 9.29. The van der Waals surface area contributed by atoms with Crippen LogP contribution in [0.2, 0.25) is 0 Å². The standard InChI is InChI=1S/C28H28FN3O2/c1-19-6-5-9-26(20(19)2)34-15-14-32-25-8-4-3-7-24(25)30-28(32)22-16-27(33)31(18-22)17-21-10-12-23(29)13-11-21/h3-13,22H,14-18H2,1-2H3/t22-/m1/s1. The monoisotopic (exact) mass is 457 g/mol. The third kappa shape index (κ3) is 4.40. The number of rotatable bonds is 7. The van der Waals surface area contributed by atoms with E-state index in [1.54, 1.807) is 12.1 Å². The van der Waals surface area contributed by atoms with Crippen molar-refractivity contribution < 1.29 is 13.9 Å². The molecule has 1 aliphatic heterocycles. The second-order valence-corrected chi connectivity index (χ2v) is 8.96. The Hall–Kier alpha value is -3.67. The number of aromatic nitrogens is 2. The Morgan fingerprint density at radius 2 is 1.82 bits per heavy atom. The van der Waals surface area contributed by atoms with Crippen LogP contribution in [0.5, 0.6) is 5.75 Å². The van der Waals surface area contributed by atoms with E-state index in [1.807, 2.05) is 35.2 Å². The highest BCUT2D eigenvalue weighted by atomic mass is 19.1. The fourth-order valence-corrected chi connectivity index (χ4v) is 4.68. The largest absolute Gasteiger partial charge is 0.491 e. The van der Waals surface area contributed by atoms with Crippen LogP contribution in [-0.2, 0) is 17.9 Å². The Labute approximate surface area is 198 Å². The Bertz CT molecular complexity index is 1330. The van der Waals surface area contributed by atoms with Crippen molar-refractivity contribution in [3.63, 3.8) is 0 Å². The first-order valence-corrected chi connectivity index (χ1v) is 11.7. The van der Waals surface area contributed by atoms with Gasteiger partial charge in [0.05, 0.1) is 17.6 Å². The first-order chi connectivity index (χ1) is 16.5. The zero-order valence-corrected chi connectivity index (χ0v) is 19.5. The molecule has 0 bridgehead atoms. The molecule has 5 rings (SSSR count). The first-order valence-electron chi connectivity index (χ1n) is 11.7. The molecular formula is C28H28FN3O2. The number of imidazole rings is 1. The van der Waals surface area contributed by atoms with E-state index in [4.69, 9.17) is 9.72 Å². The molecule has 1 saturated heterocycles. The minimum Gasteiger partial charge on any atom is -0.491 e. The maximum absolute atomic E-state index is 13.3. The second-order valence-electron chi connectivity index (χ2n) is 8.96. The number of hydrogen-bond donors (Lipinski definition) is 0. The highest BCUT2D eigenvalue weighted by Gasteiger charge is 2.34. The molecule has 1 fully saturated rings. The molecule has 0 aliphatic carbocycles. The number of likely N-dealkylation sites (tertiary alicyclic amines) is 1. The van der Waals surface area contributed by atoms with Gasteiger partial charge in [0.15, 0.2) is 0 Å². The van der Waals surface area contributed by atoms with Gasteiger partial charge in [-0.2, -0.15) is 0 Å². The summed E-state index contributed by atoms with van der Waals surface area (Å²) in [7, 11) is 0. The van der Waals surface area contributed by atoms with E-state index < -0.39 is 0 Å². The van der Waals surface area contributed by atoms with E-state index in [-0.39, 0.29) is 17.6 Å². The lowest BCUT2D eigenvalue weighted by molar-refractivity contribution is -0.128. The summed E-state index contributed by atoms with van der Waals surface area (Å²) in [5, 5.41) is 0. The van der Waals surface area contributed by atoms with Crippen LogP contribution in [0.25, 0.3) is 11.0 Å². The van der Waals surface area contributed by atoms with Gasteiger partial charge in [-0.15, -0.1) is 0 Å². The lowest BCUT2D eigenvalue weighted by Gasteiger charge is -2.18. The van der Waals surface area contributed by atoms with Crippen LogP contribution in [0, 0.1) is 19.7 Å². The third-order valence-corrected chi connectivity index (χ3v) is 6.68. The summed E-state index contributed by atoms with van der Waals surface area (Å²) in [5.41, 5.74) is 5.25. The Morgan fingerprint density at radius 1 is 1.03 bits per heavy atom. The molecule has 6 heteroatoms. The van der Waals surface area contributed by atoms with E-state index in [1.165, 1.54) is 17.7 Å². The molecule has 174 valence electrons. The average molecular weight is 458 g/mol. The molecule has 3 aromatic carbocycles. The summed E-state index contributed by atoms with van der Waals surface area (Å²) in [6, 6.07) is 20.5. The summed E-state index contributed by atoms with van der Waals surface area (Å²) in [4.78, 5) is 19.6. The van der Waals surface area contributed by atoms with E-state index in [2.05, 4.69) is 30.5 Å². The van der Waals surface area contributed by atoms with Crippen molar-refractivity contribution in [3.8, 4) is 5.75 Å². The molecule has 4 aromatic rings. The number of ether oxygens (including phenoxy) is 1. The molecule has 0 saturated carbocycles. The third-order valence-electron chi connectivity index (χ3n) is 6.68. The van der Waals surface area contributed by atoms with Crippen molar-refractivity contribution in [2.75, 3.05) is 13.2 Å². The number of fused-ring (bicyclic) bond motifs is 1. The smallest absolute Gasteiger partial charge is 0.223 e. The van der Waals surface area contributed by atoms with Gasteiger partial charge in [0.1, 0.15) is 24.0 Å². The molecule has 1 aromatic heterocycles. The number of para-hydroxylation sites is 2. The number of benzene rings is 3. The van der Waals surface area contributed by atoms with Crippen LogP contribution >= 0.6 is 0 Å². The minimum absolute atomic E-state index is 0.000976. The van der Waals surface area contributed by atoms with Crippen LogP contribution in [-0.4, -0.2) is 33.5 Å². The fraction of sp³-hybridized carbons (Fsp3) is 0.286. The zero-order chi connectivity index (χ0) is 23.7.